The van der Waals surface area contributed by atoms with Crippen LogP contribution in [0.5, 0.6) is 0 Å². The van der Waals surface area contributed by atoms with Crippen molar-refractivity contribution < 1.29 is 8.42 Å². The maximum absolute atomic E-state index is 11.5. The summed E-state index contributed by atoms with van der Waals surface area (Å²) >= 11 is 0.973. The van der Waals surface area contributed by atoms with Gasteiger partial charge in [0.1, 0.15) is 0 Å². The summed E-state index contributed by atoms with van der Waals surface area (Å²) < 4.78 is 27.0. The molecule has 0 bridgehead atoms. The van der Waals surface area contributed by atoms with Crippen LogP contribution in [0.4, 0.5) is 0 Å². The molecule has 0 spiro atoms. The molecule has 1 aromatic rings. The van der Waals surface area contributed by atoms with Crippen molar-refractivity contribution in [3.05, 3.63) is 5.69 Å². The zero-order valence-corrected chi connectivity index (χ0v) is 10.1. The van der Waals surface area contributed by atoms with E-state index in [4.69, 9.17) is 0 Å². The minimum absolute atomic E-state index is 0.197. The molecular formula is C8H13N3O2S2. The van der Waals surface area contributed by atoms with Crippen molar-refractivity contribution in [2.24, 2.45) is 0 Å². The van der Waals surface area contributed by atoms with Crippen LogP contribution in [-0.2, 0) is 9.84 Å². The molecule has 0 radical (unpaired) electrons. The lowest BCUT2D eigenvalue weighted by molar-refractivity contribution is 0.449. The topological polar surface area (TPSA) is 72.0 Å². The quantitative estimate of drug-likeness (QED) is 0.819. The molecule has 1 saturated heterocycles. The van der Waals surface area contributed by atoms with E-state index >= 15 is 0 Å². The van der Waals surface area contributed by atoms with Gasteiger partial charge in [0.25, 0.3) is 0 Å². The Morgan fingerprint density at radius 1 is 1.53 bits per heavy atom. The number of nitrogens with zero attached hydrogens (tertiary/aromatic N) is 2. The summed E-state index contributed by atoms with van der Waals surface area (Å²) in [7, 11) is -3.17. The van der Waals surface area contributed by atoms with E-state index in [0.717, 1.165) is 37.5 Å². The van der Waals surface area contributed by atoms with E-state index < -0.39 is 9.84 Å². The molecule has 1 aliphatic rings. The Bertz CT molecular complexity index is 434. The van der Waals surface area contributed by atoms with Gasteiger partial charge >= 0.3 is 0 Å². The van der Waals surface area contributed by atoms with Crippen molar-refractivity contribution in [1.82, 2.24) is 14.9 Å². The maximum atomic E-state index is 11.5. The molecule has 5 nitrogen and oxygen atoms in total. The van der Waals surface area contributed by atoms with Crippen molar-refractivity contribution in [1.29, 1.82) is 0 Å². The standard InChI is InChI=1S/C8H13N3O2S2/c1-15(12,13)8-7(10-11-14-8)6-3-2-4-9-5-6/h6,9H,2-5H2,1H3/t6-/m1/s1. The molecule has 0 amide bonds. The molecule has 1 N–H and O–H groups in total. The Hall–Kier alpha value is -0.530. The van der Waals surface area contributed by atoms with Crippen LogP contribution in [0.1, 0.15) is 24.5 Å². The van der Waals surface area contributed by atoms with Crippen molar-refractivity contribution in [3.63, 3.8) is 0 Å². The van der Waals surface area contributed by atoms with Gasteiger partial charge in [0.05, 0.1) is 5.69 Å². The summed E-state index contributed by atoms with van der Waals surface area (Å²) in [6.07, 6.45) is 3.26. The van der Waals surface area contributed by atoms with Gasteiger partial charge in [-0.2, -0.15) is 0 Å². The van der Waals surface area contributed by atoms with Gasteiger partial charge in [-0.25, -0.2) is 8.42 Å². The number of aromatic nitrogens is 2. The predicted octanol–water partition coefficient (Wildman–Crippen LogP) is 0.409. The fourth-order valence-electron chi connectivity index (χ4n) is 1.78. The number of nitrogens with one attached hydrogen (secondary N) is 1. The fourth-order valence-corrected chi connectivity index (χ4v) is 3.51. The number of piperidine rings is 1. The molecule has 84 valence electrons. The van der Waals surface area contributed by atoms with Gasteiger partial charge in [-0.1, -0.05) is 4.49 Å². The largest absolute Gasteiger partial charge is 0.316 e. The SMILES string of the molecule is CS(=O)(=O)c1snnc1[C@@H]1CCCNC1. The van der Waals surface area contributed by atoms with E-state index in [9.17, 15) is 8.42 Å². The first-order valence-corrected chi connectivity index (χ1v) is 7.48. The van der Waals surface area contributed by atoms with Crippen molar-refractivity contribution >= 4 is 21.4 Å². The summed E-state index contributed by atoms with van der Waals surface area (Å²) in [5.74, 6) is 0.197. The van der Waals surface area contributed by atoms with Crippen LogP contribution in [0.3, 0.4) is 0 Å². The smallest absolute Gasteiger partial charge is 0.188 e. The maximum Gasteiger partial charge on any atom is 0.188 e. The second-order valence-corrected chi connectivity index (χ2v) is 6.73. The van der Waals surface area contributed by atoms with E-state index in [1.165, 1.54) is 6.26 Å². The second-order valence-electron chi connectivity index (χ2n) is 3.76. The van der Waals surface area contributed by atoms with Gasteiger partial charge < -0.3 is 5.32 Å². The van der Waals surface area contributed by atoms with Crippen molar-refractivity contribution in [2.45, 2.75) is 23.0 Å². The van der Waals surface area contributed by atoms with E-state index in [2.05, 4.69) is 14.9 Å². The molecule has 1 atom stereocenters. The van der Waals surface area contributed by atoms with Crippen LogP contribution < -0.4 is 5.32 Å². The number of hydrogen-bond acceptors (Lipinski definition) is 6. The van der Waals surface area contributed by atoms with E-state index in [1.807, 2.05) is 0 Å². The van der Waals surface area contributed by atoms with E-state index in [-0.39, 0.29) is 5.92 Å². The Balaban J connectivity index is 2.32. The summed E-state index contributed by atoms with van der Waals surface area (Å²) in [5.41, 5.74) is 0.648. The Morgan fingerprint density at radius 2 is 2.33 bits per heavy atom. The first-order valence-electron chi connectivity index (χ1n) is 4.82. The zero-order chi connectivity index (χ0) is 10.9. The molecule has 15 heavy (non-hydrogen) atoms. The molecule has 7 heteroatoms. The molecule has 2 rings (SSSR count). The number of hydrogen-bond donors (Lipinski definition) is 1. The van der Waals surface area contributed by atoms with Crippen LogP contribution >= 0.6 is 11.5 Å². The zero-order valence-electron chi connectivity index (χ0n) is 8.43. The van der Waals surface area contributed by atoms with E-state index in [0.29, 0.717) is 9.90 Å². The van der Waals surface area contributed by atoms with Crippen LogP contribution in [0.25, 0.3) is 0 Å². The second kappa shape index (κ2) is 4.15. The highest BCUT2D eigenvalue weighted by molar-refractivity contribution is 7.92. The molecule has 1 aromatic heterocycles. The van der Waals surface area contributed by atoms with Gasteiger partial charge in [-0.3, -0.25) is 0 Å². The molecule has 1 aliphatic heterocycles. The van der Waals surface area contributed by atoms with Crippen LogP contribution in [-0.4, -0.2) is 37.4 Å². The first-order chi connectivity index (χ1) is 7.09. The molecule has 0 saturated carbocycles. The third-order valence-electron chi connectivity index (χ3n) is 2.50. The lowest BCUT2D eigenvalue weighted by Gasteiger charge is -2.21. The summed E-state index contributed by atoms with van der Waals surface area (Å²) in [4.78, 5) is 0. The van der Waals surface area contributed by atoms with Crippen LogP contribution in [0, 0.1) is 0 Å². The monoisotopic (exact) mass is 247 g/mol. The Morgan fingerprint density at radius 3 is 2.93 bits per heavy atom. The number of rotatable bonds is 2. The highest BCUT2D eigenvalue weighted by Gasteiger charge is 2.26. The van der Waals surface area contributed by atoms with Gasteiger partial charge in [0, 0.05) is 30.3 Å². The Labute approximate surface area is 93.0 Å². The molecular weight excluding hydrogens is 234 g/mol. The molecule has 1 fully saturated rings. The van der Waals surface area contributed by atoms with Gasteiger partial charge in [0.2, 0.25) is 0 Å². The molecule has 2 heterocycles. The first kappa shape index (κ1) is 11.0. The Kier molecular flexibility index (Phi) is 3.03. The van der Waals surface area contributed by atoms with E-state index in [1.54, 1.807) is 0 Å². The van der Waals surface area contributed by atoms with Gasteiger partial charge in [0.15, 0.2) is 14.0 Å². The predicted molar refractivity (Wildman–Crippen MR) is 57.9 cm³/mol. The van der Waals surface area contributed by atoms with Crippen LogP contribution in [0.2, 0.25) is 0 Å². The normalized spacial score (nSPS) is 22.9. The summed E-state index contributed by atoms with van der Waals surface area (Å²) in [6, 6.07) is 0. The molecule has 0 aromatic carbocycles. The van der Waals surface area contributed by atoms with Gasteiger partial charge in [-0.15, -0.1) is 5.10 Å². The lowest BCUT2D eigenvalue weighted by Crippen LogP contribution is -2.29. The third-order valence-corrected chi connectivity index (χ3v) is 5.05. The molecule has 0 aliphatic carbocycles. The minimum atomic E-state index is -3.17. The minimum Gasteiger partial charge on any atom is -0.316 e. The summed E-state index contributed by atoms with van der Waals surface area (Å²) in [6.45, 7) is 1.80. The van der Waals surface area contributed by atoms with Gasteiger partial charge in [-0.05, 0) is 19.4 Å². The highest BCUT2D eigenvalue weighted by atomic mass is 32.2. The van der Waals surface area contributed by atoms with Crippen LogP contribution in [0.15, 0.2) is 4.21 Å². The number of sulfone groups is 1. The average Bonchev–Trinajstić information content (AvgIpc) is 2.67. The summed E-state index contributed by atoms with van der Waals surface area (Å²) in [5, 5.41) is 7.20. The van der Waals surface area contributed by atoms with Crippen molar-refractivity contribution in [3.8, 4) is 0 Å². The fraction of sp³-hybridized carbons (Fsp3) is 0.750. The average molecular weight is 247 g/mol. The van der Waals surface area contributed by atoms with Crippen molar-refractivity contribution in [2.75, 3.05) is 19.3 Å². The molecule has 0 unspecified atom stereocenters. The highest BCUT2D eigenvalue weighted by Crippen LogP contribution is 2.29. The third kappa shape index (κ3) is 2.35. The lowest BCUT2D eigenvalue weighted by atomic mass is 9.97.